The predicted octanol–water partition coefficient (Wildman–Crippen LogP) is 3.84. The van der Waals surface area contributed by atoms with Crippen LogP contribution in [-0.4, -0.2) is 51.2 Å². The first-order valence-corrected chi connectivity index (χ1v) is 13.5. The van der Waals surface area contributed by atoms with Crippen LogP contribution in [0.5, 0.6) is 23.0 Å². The molecule has 192 valence electrons. The average Bonchev–Trinajstić information content (AvgIpc) is 2.91. The van der Waals surface area contributed by atoms with E-state index < -0.39 is 10.0 Å². The van der Waals surface area contributed by atoms with E-state index in [0.717, 1.165) is 37.5 Å². The number of benzene rings is 2. The Hall–Kier alpha value is -3.24. The van der Waals surface area contributed by atoms with Gasteiger partial charge < -0.3 is 23.9 Å². The largest absolute Gasteiger partial charge is 0.493 e. The Labute approximate surface area is 210 Å². The zero-order valence-electron chi connectivity index (χ0n) is 20.4. The molecule has 0 spiro atoms. The highest BCUT2D eigenvalue weighted by Crippen LogP contribution is 2.36. The molecule has 10 heteroatoms. The van der Waals surface area contributed by atoms with Gasteiger partial charge in [0, 0.05) is 35.7 Å². The van der Waals surface area contributed by atoms with Gasteiger partial charge in [0.25, 0.3) is 5.56 Å². The van der Waals surface area contributed by atoms with Crippen LogP contribution in [0.1, 0.15) is 37.7 Å². The van der Waals surface area contributed by atoms with Gasteiger partial charge in [0.15, 0.2) is 23.0 Å². The number of ether oxygens (including phenoxy) is 4. The minimum absolute atomic E-state index is 0.0406. The first kappa shape index (κ1) is 24.5. The van der Waals surface area contributed by atoms with Crippen molar-refractivity contribution in [3.8, 4) is 23.0 Å². The number of aromatic nitrogens is 1. The molecule has 3 aromatic rings. The Balaban J connectivity index is 1.56. The first-order chi connectivity index (χ1) is 17.4. The van der Waals surface area contributed by atoms with E-state index in [1.165, 1.54) is 17.5 Å². The third kappa shape index (κ3) is 4.62. The maximum absolute atomic E-state index is 14.0. The number of pyridine rings is 1. The molecule has 2 aliphatic rings. The summed E-state index contributed by atoms with van der Waals surface area (Å²) in [6.07, 6.45) is 4.47. The molecule has 0 amide bonds. The Morgan fingerprint density at radius 1 is 0.944 bits per heavy atom. The Kier molecular flexibility index (Phi) is 6.81. The number of hydrogen-bond donors (Lipinski definition) is 1. The topological polar surface area (TPSA) is 107 Å². The Bertz CT molecular complexity index is 1430. The summed E-state index contributed by atoms with van der Waals surface area (Å²) in [5, 5.41) is 0.725. The van der Waals surface area contributed by atoms with Gasteiger partial charge in [-0.05, 0) is 37.1 Å². The van der Waals surface area contributed by atoms with Crippen molar-refractivity contribution in [3.05, 3.63) is 52.3 Å². The van der Waals surface area contributed by atoms with Crippen molar-refractivity contribution < 1.29 is 27.4 Å². The lowest BCUT2D eigenvalue weighted by molar-refractivity contribution is 0.171. The van der Waals surface area contributed by atoms with Crippen LogP contribution in [0.2, 0.25) is 0 Å². The van der Waals surface area contributed by atoms with Crippen molar-refractivity contribution >= 4 is 20.9 Å². The third-order valence-corrected chi connectivity index (χ3v) is 8.75. The summed E-state index contributed by atoms with van der Waals surface area (Å²) in [5.41, 5.74) is 0.606. The van der Waals surface area contributed by atoms with Crippen molar-refractivity contribution in [2.45, 2.75) is 49.6 Å². The molecule has 1 aliphatic heterocycles. The second-order valence-corrected chi connectivity index (χ2v) is 11.0. The van der Waals surface area contributed by atoms with Gasteiger partial charge in [0.1, 0.15) is 13.2 Å². The molecule has 0 atom stereocenters. The van der Waals surface area contributed by atoms with Gasteiger partial charge in [-0.25, -0.2) is 8.42 Å². The smallest absolute Gasteiger partial charge is 0.252 e. The average molecular weight is 515 g/mol. The van der Waals surface area contributed by atoms with Gasteiger partial charge >= 0.3 is 0 Å². The monoisotopic (exact) mass is 514 g/mol. The highest BCUT2D eigenvalue weighted by molar-refractivity contribution is 7.89. The van der Waals surface area contributed by atoms with Crippen molar-refractivity contribution in [2.24, 2.45) is 0 Å². The van der Waals surface area contributed by atoms with E-state index >= 15 is 0 Å². The lowest BCUT2D eigenvalue weighted by Crippen LogP contribution is -2.42. The number of sulfonamides is 1. The van der Waals surface area contributed by atoms with E-state index in [9.17, 15) is 13.2 Å². The van der Waals surface area contributed by atoms with E-state index in [-0.39, 0.29) is 23.0 Å². The fraction of sp³-hybridized carbons (Fsp3) is 0.423. The normalized spacial score (nSPS) is 16.3. The molecular formula is C26H30N2O7S. The minimum atomic E-state index is -3.93. The lowest BCUT2D eigenvalue weighted by Gasteiger charge is -2.33. The summed E-state index contributed by atoms with van der Waals surface area (Å²) in [5.74, 6) is 1.96. The van der Waals surface area contributed by atoms with Crippen LogP contribution in [0.3, 0.4) is 0 Å². The fourth-order valence-corrected chi connectivity index (χ4v) is 6.64. The number of aromatic amines is 1. The van der Waals surface area contributed by atoms with Gasteiger partial charge in [-0.15, -0.1) is 0 Å². The summed E-state index contributed by atoms with van der Waals surface area (Å²) >= 11 is 0. The second kappa shape index (κ2) is 10.0. The summed E-state index contributed by atoms with van der Waals surface area (Å²) in [6.45, 7) is 0.749. The summed E-state index contributed by atoms with van der Waals surface area (Å²) in [6, 6.07) is 9.69. The molecule has 0 bridgehead atoms. The molecule has 9 nitrogen and oxygen atoms in total. The molecule has 2 aromatic carbocycles. The van der Waals surface area contributed by atoms with Gasteiger partial charge in [0.2, 0.25) is 10.0 Å². The fourth-order valence-electron chi connectivity index (χ4n) is 4.96. The van der Waals surface area contributed by atoms with Crippen molar-refractivity contribution in [1.29, 1.82) is 0 Å². The first-order valence-electron chi connectivity index (χ1n) is 12.1. The van der Waals surface area contributed by atoms with E-state index in [1.54, 1.807) is 37.4 Å². The highest BCUT2D eigenvalue weighted by atomic mass is 32.2. The van der Waals surface area contributed by atoms with Gasteiger partial charge in [-0.1, -0.05) is 19.3 Å². The van der Waals surface area contributed by atoms with E-state index in [1.807, 2.05) is 0 Å². The van der Waals surface area contributed by atoms with E-state index in [0.29, 0.717) is 47.3 Å². The molecule has 1 fully saturated rings. The Morgan fingerprint density at radius 2 is 1.64 bits per heavy atom. The van der Waals surface area contributed by atoms with Crippen LogP contribution in [0, 0.1) is 0 Å². The predicted molar refractivity (Wildman–Crippen MR) is 135 cm³/mol. The van der Waals surface area contributed by atoms with Crippen molar-refractivity contribution in [3.63, 3.8) is 0 Å². The van der Waals surface area contributed by atoms with Crippen LogP contribution in [-0.2, 0) is 16.6 Å². The number of H-pyrrole nitrogens is 1. The summed E-state index contributed by atoms with van der Waals surface area (Å²) in [7, 11) is -0.854. The number of hydrogen-bond acceptors (Lipinski definition) is 7. The number of rotatable bonds is 7. The zero-order valence-corrected chi connectivity index (χ0v) is 21.2. The molecule has 1 saturated carbocycles. The molecule has 2 heterocycles. The molecular weight excluding hydrogens is 484 g/mol. The number of methoxy groups -OCH3 is 2. The van der Waals surface area contributed by atoms with Gasteiger partial charge in [-0.3, -0.25) is 4.79 Å². The molecule has 1 aromatic heterocycles. The van der Waals surface area contributed by atoms with Gasteiger partial charge in [0.05, 0.1) is 24.6 Å². The minimum Gasteiger partial charge on any atom is -0.493 e. The molecule has 0 radical (unpaired) electrons. The van der Waals surface area contributed by atoms with Gasteiger partial charge in [-0.2, -0.15) is 4.31 Å². The Morgan fingerprint density at radius 3 is 2.36 bits per heavy atom. The van der Waals surface area contributed by atoms with Crippen LogP contribution < -0.4 is 24.5 Å². The summed E-state index contributed by atoms with van der Waals surface area (Å²) < 4.78 is 51.3. The highest BCUT2D eigenvalue weighted by Gasteiger charge is 2.34. The molecule has 1 N–H and O–H groups in total. The number of nitrogens with zero attached hydrogens (tertiary/aromatic N) is 1. The quantitative estimate of drug-likeness (QED) is 0.510. The third-order valence-electron chi connectivity index (χ3n) is 6.85. The maximum Gasteiger partial charge on any atom is 0.252 e. The SMILES string of the molecule is COc1cc2cc(CN(C3CCCCC3)S(=O)(=O)c3ccc4c(c3)OCCO4)c(=O)[nH]c2cc1OC. The van der Waals surface area contributed by atoms with E-state index in [4.69, 9.17) is 18.9 Å². The lowest BCUT2D eigenvalue weighted by atomic mass is 9.95. The maximum atomic E-state index is 14.0. The summed E-state index contributed by atoms with van der Waals surface area (Å²) in [4.78, 5) is 16.1. The number of nitrogens with one attached hydrogen (secondary N) is 1. The van der Waals surface area contributed by atoms with Crippen LogP contribution in [0.15, 0.2) is 46.1 Å². The van der Waals surface area contributed by atoms with Crippen LogP contribution >= 0.6 is 0 Å². The molecule has 1 aliphatic carbocycles. The molecule has 5 rings (SSSR count). The van der Waals surface area contributed by atoms with Crippen LogP contribution in [0.4, 0.5) is 0 Å². The molecule has 36 heavy (non-hydrogen) atoms. The molecule has 0 unspecified atom stereocenters. The number of fused-ring (bicyclic) bond motifs is 2. The zero-order chi connectivity index (χ0) is 25.3. The van der Waals surface area contributed by atoms with Crippen LogP contribution in [0.25, 0.3) is 10.9 Å². The van der Waals surface area contributed by atoms with Crippen molar-refractivity contribution in [2.75, 3.05) is 27.4 Å². The standard InChI is InChI=1S/C26H30N2O7S/c1-32-23-13-17-12-18(26(29)27-21(17)15-24(23)33-2)16-28(19-6-4-3-5-7-19)36(30,31)20-8-9-22-25(14-20)35-11-10-34-22/h8-9,12-15,19H,3-7,10-11,16H2,1-2H3,(H,27,29). The second-order valence-electron chi connectivity index (χ2n) is 9.07. The molecule has 0 saturated heterocycles. The van der Waals surface area contributed by atoms with E-state index in [2.05, 4.69) is 4.98 Å². The van der Waals surface area contributed by atoms with Crippen molar-refractivity contribution in [1.82, 2.24) is 9.29 Å².